The molecule has 2 rings (SSSR count). The monoisotopic (exact) mass is 231 g/mol. The third-order valence-corrected chi connectivity index (χ3v) is 3.86. The molecule has 0 atom stereocenters. The van der Waals surface area contributed by atoms with Crippen LogP contribution in [0, 0.1) is 0 Å². The molecule has 0 N–H and O–H groups in total. The van der Waals surface area contributed by atoms with Gasteiger partial charge in [0.1, 0.15) is 0 Å². The molecule has 0 aliphatic carbocycles. The van der Waals surface area contributed by atoms with E-state index >= 15 is 0 Å². The largest absolute Gasteiger partial charge is 0.294 e. The van der Waals surface area contributed by atoms with E-state index in [4.69, 9.17) is 0 Å². The Morgan fingerprint density at radius 3 is 2.41 bits per heavy atom. The van der Waals surface area contributed by atoms with Crippen LogP contribution in [0.5, 0.6) is 0 Å². The number of benzene rings is 1. The molecule has 0 saturated heterocycles. The predicted molar refractivity (Wildman–Crippen MR) is 74.4 cm³/mol. The van der Waals surface area contributed by atoms with Crippen LogP contribution in [0.2, 0.25) is 0 Å². The van der Waals surface area contributed by atoms with Crippen molar-refractivity contribution in [2.45, 2.75) is 59.0 Å². The van der Waals surface area contributed by atoms with Gasteiger partial charge in [0.2, 0.25) is 0 Å². The van der Waals surface area contributed by atoms with E-state index in [-0.39, 0.29) is 5.54 Å². The lowest BCUT2D eigenvalue weighted by Crippen LogP contribution is -2.44. The molecule has 17 heavy (non-hydrogen) atoms. The summed E-state index contributed by atoms with van der Waals surface area (Å²) in [6, 6.07) is 7.05. The molecule has 1 aliphatic rings. The van der Waals surface area contributed by atoms with Crippen molar-refractivity contribution in [3.8, 4) is 0 Å². The van der Waals surface area contributed by atoms with Gasteiger partial charge in [-0.15, -0.1) is 0 Å². The van der Waals surface area contributed by atoms with Gasteiger partial charge in [0.15, 0.2) is 0 Å². The minimum atomic E-state index is 0.286. The molecule has 1 aliphatic heterocycles. The van der Waals surface area contributed by atoms with E-state index in [1.54, 1.807) is 5.56 Å². The van der Waals surface area contributed by atoms with Crippen LogP contribution in [-0.4, -0.2) is 17.0 Å². The summed E-state index contributed by atoms with van der Waals surface area (Å²) in [5.74, 6) is 0.640. The minimum Gasteiger partial charge on any atom is -0.294 e. The maximum absolute atomic E-state index is 2.57. The van der Waals surface area contributed by atoms with E-state index in [0.717, 1.165) is 6.54 Å². The van der Waals surface area contributed by atoms with Gasteiger partial charge in [0, 0.05) is 18.6 Å². The van der Waals surface area contributed by atoms with Gasteiger partial charge in [0.25, 0.3) is 0 Å². The third-order valence-electron chi connectivity index (χ3n) is 3.86. The highest BCUT2D eigenvalue weighted by Crippen LogP contribution is 2.27. The summed E-state index contributed by atoms with van der Waals surface area (Å²) < 4.78 is 0. The van der Waals surface area contributed by atoms with Crippen LogP contribution >= 0.6 is 0 Å². The summed E-state index contributed by atoms with van der Waals surface area (Å²) in [4.78, 5) is 2.57. The number of nitrogens with zero attached hydrogens (tertiary/aromatic N) is 1. The van der Waals surface area contributed by atoms with Crippen LogP contribution in [0.15, 0.2) is 18.2 Å². The Kier molecular flexibility index (Phi) is 3.31. The van der Waals surface area contributed by atoms with Gasteiger partial charge in [-0.05, 0) is 49.8 Å². The molecule has 0 spiro atoms. The van der Waals surface area contributed by atoms with Crippen LogP contribution in [0.4, 0.5) is 0 Å². The number of hydrogen-bond donors (Lipinski definition) is 0. The van der Waals surface area contributed by atoms with Crippen molar-refractivity contribution >= 4 is 0 Å². The van der Waals surface area contributed by atoms with E-state index in [1.807, 2.05) is 0 Å². The van der Waals surface area contributed by atoms with Crippen molar-refractivity contribution in [2.24, 2.45) is 0 Å². The van der Waals surface area contributed by atoms with E-state index in [2.05, 4.69) is 57.7 Å². The van der Waals surface area contributed by atoms with E-state index in [1.165, 1.54) is 24.1 Å². The second-order valence-corrected chi connectivity index (χ2v) is 6.53. The minimum absolute atomic E-state index is 0.286. The first kappa shape index (κ1) is 12.6. The zero-order valence-corrected chi connectivity index (χ0v) is 11.9. The quantitative estimate of drug-likeness (QED) is 0.707. The fourth-order valence-corrected chi connectivity index (χ4v) is 2.50. The molecule has 1 heterocycles. The number of rotatable bonds is 1. The van der Waals surface area contributed by atoms with Gasteiger partial charge in [-0.25, -0.2) is 0 Å². The van der Waals surface area contributed by atoms with E-state index in [0.29, 0.717) is 5.92 Å². The first-order chi connectivity index (χ1) is 7.88. The second-order valence-electron chi connectivity index (χ2n) is 6.53. The van der Waals surface area contributed by atoms with Crippen LogP contribution in [0.3, 0.4) is 0 Å². The highest BCUT2D eigenvalue weighted by molar-refractivity contribution is 5.35. The fraction of sp³-hybridized carbons (Fsp3) is 0.625. The molecule has 0 radical (unpaired) electrons. The van der Waals surface area contributed by atoms with E-state index in [9.17, 15) is 0 Å². The molecule has 1 nitrogen and oxygen atoms in total. The zero-order valence-electron chi connectivity index (χ0n) is 11.9. The topological polar surface area (TPSA) is 3.24 Å². The molecule has 1 heteroatoms. The van der Waals surface area contributed by atoms with Gasteiger partial charge in [-0.2, -0.15) is 0 Å². The Bertz CT molecular complexity index is 398. The van der Waals surface area contributed by atoms with E-state index < -0.39 is 0 Å². The van der Waals surface area contributed by atoms with Crippen LogP contribution in [0.25, 0.3) is 0 Å². The van der Waals surface area contributed by atoms with Crippen molar-refractivity contribution < 1.29 is 0 Å². The third kappa shape index (κ3) is 2.71. The van der Waals surface area contributed by atoms with Gasteiger partial charge in [-0.3, -0.25) is 4.90 Å². The summed E-state index contributed by atoms with van der Waals surface area (Å²) in [6.07, 6.45) is 1.20. The van der Waals surface area contributed by atoms with Gasteiger partial charge >= 0.3 is 0 Å². The molecule has 1 aromatic carbocycles. The zero-order chi connectivity index (χ0) is 12.6. The summed E-state index contributed by atoms with van der Waals surface area (Å²) in [5, 5.41) is 0. The Morgan fingerprint density at radius 1 is 1.12 bits per heavy atom. The van der Waals surface area contributed by atoms with Crippen molar-refractivity contribution in [3.05, 3.63) is 34.9 Å². The Labute approximate surface area is 106 Å². The average Bonchev–Trinajstić information content (AvgIpc) is 2.26. The van der Waals surface area contributed by atoms with Crippen molar-refractivity contribution in [2.75, 3.05) is 6.54 Å². The lowest BCUT2D eigenvalue weighted by Gasteiger charge is -2.39. The molecule has 0 fully saturated rings. The average molecular weight is 231 g/mol. The lowest BCUT2D eigenvalue weighted by atomic mass is 9.91. The molecule has 0 unspecified atom stereocenters. The van der Waals surface area contributed by atoms with Crippen LogP contribution in [0.1, 0.15) is 57.2 Å². The summed E-state index contributed by atoms with van der Waals surface area (Å²) in [5.41, 5.74) is 4.86. The molecular weight excluding hydrogens is 206 g/mol. The summed E-state index contributed by atoms with van der Waals surface area (Å²) in [6.45, 7) is 13.8. The van der Waals surface area contributed by atoms with Crippen LogP contribution in [-0.2, 0) is 13.0 Å². The van der Waals surface area contributed by atoms with Crippen molar-refractivity contribution in [1.82, 2.24) is 4.90 Å². The lowest BCUT2D eigenvalue weighted by molar-refractivity contribution is 0.121. The van der Waals surface area contributed by atoms with Crippen molar-refractivity contribution in [3.63, 3.8) is 0 Å². The molecule has 0 saturated carbocycles. The first-order valence-electron chi connectivity index (χ1n) is 6.74. The standard InChI is InChI=1S/C16H25N/c1-12(2)13-6-7-15-11-17(16(3,4)5)9-8-14(15)10-13/h6-7,10,12H,8-9,11H2,1-5H3. The highest BCUT2D eigenvalue weighted by atomic mass is 15.2. The maximum Gasteiger partial charge on any atom is 0.0241 e. The molecular formula is C16H25N. The van der Waals surface area contributed by atoms with Crippen molar-refractivity contribution in [1.29, 1.82) is 0 Å². The number of hydrogen-bond acceptors (Lipinski definition) is 1. The highest BCUT2D eigenvalue weighted by Gasteiger charge is 2.25. The Morgan fingerprint density at radius 2 is 1.82 bits per heavy atom. The van der Waals surface area contributed by atoms with Gasteiger partial charge in [-0.1, -0.05) is 32.0 Å². The number of fused-ring (bicyclic) bond motifs is 1. The Hall–Kier alpha value is -0.820. The van der Waals surface area contributed by atoms with Crippen LogP contribution < -0.4 is 0 Å². The smallest absolute Gasteiger partial charge is 0.0241 e. The summed E-state index contributed by atoms with van der Waals surface area (Å²) >= 11 is 0. The molecule has 0 aromatic heterocycles. The molecule has 0 amide bonds. The maximum atomic E-state index is 2.57. The Balaban J connectivity index is 2.23. The second kappa shape index (κ2) is 4.45. The fourth-order valence-electron chi connectivity index (χ4n) is 2.50. The first-order valence-corrected chi connectivity index (χ1v) is 6.74. The molecule has 1 aromatic rings. The molecule has 0 bridgehead atoms. The van der Waals surface area contributed by atoms with Gasteiger partial charge < -0.3 is 0 Å². The predicted octanol–water partition coefficient (Wildman–Crippen LogP) is 3.97. The summed E-state index contributed by atoms with van der Waals surface area (Å²) in [7, 11) is 0. The van der Waals surface area contributed by atoms with Gasteiger partial charge in [0.05, 0.1) is 0 Å². The normalized spacial score (nSPS) is 17.3. The SMILES string of the molecule is CC(C)c1ccc2c(c1)CCN(C(C)(C)C)C2. The molecule has 94 valence electrons.